The SMILES string of the molecule is C=CC(=O)NCc1cccc(CC(=O)c2ccc(OC)c(-n3c(CSc4ncnc5nc[nH]c45)nc4cccc(Cl)c4c3=O)c2)c1. The molecule has 0 fully saturated rings. The molecule has 3 aromatic carbocycles. The number of amides is 1. The van der Waals surface area contributed by atoms with Crippen LogP contribution in [0.15, 0.2) is 95.8 Å². The van der Waals surface area contributed by atoms with Gasteiger partial charge in [0.2, 0.25) is 5.91 Å². The Bertz CT molecular complexity index is 2200. The third-order valence-electron chi connectivity index (χ3n) is 7.19. The smallest absolute Gasteiger partial charge is 0.267 e. The monoisotopic (exact) mass is 651 g/mol. The van der Waals surface area contributed by atoms with Crippen LogP contribution in [0.25, 0.3) is 27.8 Å². The fraction of sp³-hybridized carbons (Fsp3) is 0.121. The summed E-state index contributed by atoms with van der Waals surface area (Å²) in [5.41, 5.74) is 3.57. The molecule has 2 N–H and O–H groups in total. The summed E-state index contributed by atoms with van der Waals surface area (Å²) in [6.45, 7) is 3.77. The first kappa shape index (κ1) is 30.7. The van der Waals surface area contributed by atoms with E-state index in [1.165, 1.54) is 35.8 Å². The van der Waals surface area contributed by atoms with Gasteiger partial charge in [-0.2, -0.15) is 0 Å². The largest absolute Gasteiger partial charge is 0.495 e. The second-order valence-corrected chi connectivity index (χ2v) is 11.5. The number of carbonyl (C=O) groups excluding carboxylic acids is 2. The number of methoxy groups -OCH3 is 1. The van der Waals surface area contributed by atoms with Gasteiger partial charge in [-0.15, -0.1) is 0 Å². The predicted molar refractivity (Wildman–Crippen MR) is 177 cm³/mol. The lowest BCUT2D eigenvalue weighted by atomic mass is 10.0. The van der Waals surface area contributed by atoms with Gasteiger partial charge in [0, 0.05) is 18.5 Å². The van der Waals surface area contributed by atoms with Gasteiger partial charge in [-0.1, -0.05) is 60.3 Å². The lowest BCUT2D eigenvalue weighted by Gasteiger charge is -2.17. The van der Waals surface area contributed by atoms with Crippen molar-refractivity contribution < 1.29 is 14.3 Å². The first-order valence-electron chi connectivity index (χ1n) is 14.0. The van der Waals surface area contributed by atoms with E-state index < -0.39 is 5.56 Å². The Kier molecular flexibility index (Phi) is 8.90. The number of ketones is 1. The average molecular weight is 652 g/mol. The van der Waals surface area contributed by atoms with Crippen molar-refractivity contribution in [2.75, 3.05) is 7.11 Å². The number of hydrogen-bond donors (Lipinski definition) is 2. The molecule has 3 aromatic heterocycles. The summed E-state index contributed by atoms with van der Waals surface area (Å²) in [6.07, 6.45) is 4.27. The fourth-order valence-electron chi connectivity index (χ4n) is 5.00. The second kappa shape index (κ2) is 13.3. The molecule has 0 aliphatic carbocycles. The predicted octanol–water partition coefficient (Wildman–Crippen LogP) is 5.23. The van der Waals surface area contributed by atoms with Gasteiger partial charge in [0.05, 0.1) is 40.8 Å². The van der Waals surface area contributed by atoms with Crippen molar-refractivity contribution in [2.45, 2.75) is 23.7 Å². The van der Waals surface area contributed by atoms with Gasteiger partial charge in [-0.25, -0.2) is 19.9 Å². The molecule has 0 aliphatic rings. The summed E-state index contributed by atoms with van der Waals surface area (Å²) in [4.78, 5) is 60.0. The number of rotatable bonds is 11. The first-order valence-corrected chi connectivity index (χ1v) is 15.4. The quantitative estimate of drug-likeness (QED) is 0.0832. The van der Waals surface area contributed by atoms with Crippen LogP contribution in [-0.2, 0) is 23.5 Å². The molecule has 0 saturated carbocycles. The van der Waals surface area contributed by atoms with Crippen LogP contribution in [-0.4, -0.2) is 48.3 Å². The number of benzene rings is 3. The van der Waals surface area contributed by atoms with E-state index in [0.29, 0.717) is 51.1 Å². The highest BCUT2D eigenvalue weighted by Crippen LogP contribution is 2.30. The minimum absolute atomic E-state index is 0.0995. The molecule has 46 heavy (non-hydrogen) atoms. The Morgan fingerprint density at radius 3 is 2.74 bits per heavy atom. The molecule has 0 atom stereocenters. The Hall–Kier alpha value is -5.33. The zero-order chi connectivity index (χ0) is 32.2. The highest BCUT2D eigenvalue weighted by Gasteiger charge is 2.21. The molecule has 1 amide bonds. The van der Waals surface area contributed by atoms with Gasteiger partial charge < -0.3 is 15.0 Å². The van der Waals surface area contributed by atoms with Gasteiger partial charge >= 0.3 is 0 Å². The highest BCUT2D eigenvalue weighted by atomic mass is 35.5. The van der Waals surface area contributed by atoms with E-state index in [2.05, 4.69) is 31.8 Å². The Morgan fingerprint density at radius 1 is 1.09 bits per heavy atom. The van der Waals surface area contributed by atoms with Crippen LogP contribution < -0.4 is 15.6 Å². The molecular weight excluding hydrogens is 626 g/mol. The van der Waals surface area contributed by atoms with Crippen molar-refractivity contribution in [1.82, 2.24) is 34.8 Å². The first-order chi connectivity index (χ1) is 22.4. The fourth-order valence-corrected chi connectivity index (χ4v) is 6.13. The normalized spacial score (nSPS) is 11.1. The minimum atomic E-state index is -0.405. The molecule has 0 spiro atoms. The lowest BCUT2D eigenvalue weighted by Crippen LogP contribution is -2.25. The molecule has 6 rings (SSSR count). The standard InChI is InChI=1S/C33H26ClN7O4S/c1-3-28(43)35-15-20-7-4-6-19(12-20)13-25(42)21-10-11-26(45-2)24(14-21)41-27(40-23-9-5-8-22(34)29(23)33(41)44)16-46-32-30-31(37-17-36-30)38-18-39-32/h3-12,14,17-18H,1,13,15-16H2,2H3,(H,35,43)(H,36,37,38,39). The molecule has 3 heterocycles. The molecule has 13 heteroatoms. The number of hydrogen-bond acceptors (Lipinski definition) is 9. The van der Waals surface area contributed by atoms with Crippen LogP contribution in [0, 0.1) is 0 Å². The minimum Gasteiger partial charge on any atom is -0.495 e. The third kappa shape index (κ3) is 6.25. The molecule has 230 valence electrons. The van der Waals surface area contributed by atoms with E-state index in [4.69, 9.17) is 21.3 Å². The van der Waals surface area contributed by atoms with Crippen LogP contribution in [0.1, 0.15) is 27.3 Å². The van der Waals surface area contributed by atoms with Gasteiger partial charge in [0.1, 0.15) is 28.4 Å². The Labute approximate surface area is 271 Å². The van der Waals surface area contributed by atoms with Crippen molar-refractivity contribution in [3.63, 3.8) is 0 Å². The van der Waals surface area contributed by atoms with Gasteiger partial charge in [-0.3, -0.25) is 19.0 Å². The third-order valence-corrected chi connectivity index (χ3v) is 8.49. The number of ether oxygens (including phenoxy) is 1. The van der Waals surface area contributed by atoms with Crippen molar-refractivity contribution in [3.8, 4) is 11.4 Å². The van der Waals surface area contributed by atoms with Crippen molar-refractivity contribution in [3.05, 3.63) is 124 Å². The topological polar surface area (TPSA) is 145 Å². The lowest BCUT2D eigenvalue weighted by molar-refractivity contribution is -0.116. The van der Waals surface area contributed by atoms with Crippen LogP contribution >= 0.6 is 23.4 Å². The molecule has 0 bridgehead atoms. The average Bonchev–Trinajstić information content (AvgIpc) is 3.56. The summed E-state index contributed by atoms with van der Waals surface area (Å²) < 4.78 is 7.11. The highest BCUT2D eigenvalue weighted by molar-refractivity contribution is 7.98. The second-order valence-electron chi connectivity index (χ2n) is 10.1. The maximum Gasteiger partial charge on any atom is 0.267 e. The summed E-state index contributed by atoms with van der Waals surface area (Å²) in [7, 11) is 1.49. The maximum absolute atomic E-state index is 14.2. The zero-order valence-electron chi connectivity index (χ0n) is 24.5. The van der Waals surface area contributed by atoms with Crippen molar-refractivity contribution >= 4 is 57.1 Å². The van der Waals surface area contributed by atoms with Gasteiger partial charge in [0.25, 0.3) is 5.56 Å². The van der Waals surface area contributed by atoms with E-state index in [1.807, 2.05) is 24.3 Å². The maximum atomic E-state index is 14.2. The number of nitrogens with zero attached hydrogens (tertiary/aromatic N) is 5. The molecule has 0 radical (unpaired) electrons. The van der Waals surface area contributed by atoms with Crippen molar-refractivity contribution in [2.24, 2.45) is 0 Å². The number of imidazole rings is 1. The van der Waals surface area contributed by atoms with Crippen LogP contribution in [0.4, 0.5) is 0 Å². The molecule has 11 nitrogen and oxygen atoms in total. The zero-order valence-corrected chi connectivity index (χ0v) is 26.1. The number of thioether (sulfide) groups is 1. The summed E-state index contributed by atoms with van der Waals surface area (Å²) >= 11 is 7.86. The van der Waals surface area contributed by atoms with E-state index in [9.17, 15) is 14.4 Å². The number of aromatic amines is 1. The summed E-state index contributed by atoms with van der Waals surface area (Å²) in [5, 5.41) is 3.88. The van der Waals surface area contributed by atoms with Gasteiger partial charge in [0.15, 0.2) is 11.4 Å². The van der Waals surface area contributed by atoms with E-state index >= 15 is 0 Å². The number of aromatic nitrogens is 6. The Balaban J connectivity index is 1.39. The van der Waals surface area contributed by atoms with Crippen LogP contribution in [0.2, 0.25) is 5.02 Å². The number of carbonyl (C=O) groups is 2. The number of halogens is 1. The number of Topliss-reactive ketones (excluding diaryl/α,β-unsaturated/α-hetero) is 1. The van der Waals surface area contributed by atoms with Crippen LogP contribution in [0.5, 0.6) is 5.75 Å². The van der Waals surface area contributed by atoms with E-state index in [0.717, 1.165) is 11.1 Å². The summed E-state index contributed by atoms with van der Waals surface area (Å²) in [6, 6.07) is 17.5. The van der Waals surface area contributed by atoms with Gasteiger partial charge in [-0.05, 0) is 47.5 Å². The molecule has 0 unspecified atom stereocenters. The number of nitrogens with one attached hydrogen (secondary N) is 2. The summed E-state index contributed by atoms with van der Waals surface area (Å²) in [5.74, 6) is 0.550. The number of H-pyrrole nitrogens is 1. The number of fused-ring (bicyclic) bond motifs is 2. The van der Waals surface area contributed by atoms with Crippen molar-refractivity contribution in [1.29, 1.82) is 0 Å². The van der Waals surface area contributed by atoms with E-state index in [1.54, 1.807) is 42.7 Å². The Morgan fingerprint density at radius 2 is 1.91 bits per heavy atom. The molecule has 0 saturated heterocycles. The van der Waals surface area contributed by atoms with Crippen LogP contribution in [0.3, 0.4) is 0 Å². The van der Waals surface area contributed by atoms with E-state index in [-0.39, 0.29) is 34.3 Å². The molecule has 0 aliphatic heterocycles. The molecule has 6 aromatic rings. The molecular formula is C33H26ClN7O4S.